The van der Waals surface area contributed by atoms with E-state index in [1.54, 1.807) is 0 Å². The third kappa shape index (κ3) is 2.26. The maximum atomic E-state index is 12.4. The summed E-state index contributed by atoms with van der Waals surface area (Å²) in [4.78, 5) is 14.2. The van der Waals surface area contributed by atoms with Gasteiger partial charge in [0, 0.05) is 18.3 Å². The highest BCUT2D eigenvalue weighted by atomic mass is 16.7. The molecule has 0 saturated carbocycles. The molecule has 2 heterocycles. The predicted octanol–water partition coefficient (Wildman–Crippen LogP) is 1.52. The van der Waals surface area contributed by atoms with Gasteiger partial charge in [-0.15, -0.1) is 0 Å². The summed E-state index contributed by atoms with van der Waals surface area (Å²) < 4.78 is 10.7. The van der Waals surface area contributed by atoms with Gasteiger partial charge in [0.25, 0.3) is 0 Å². The minimum atomic E-state index is -0.0656. The van der Waals surface area contributed by atoms with Crippen LogP contribution >= 0.6 is 0 Å². The second kappa shape index (κ2) is 5.09. The average molecular weight is 262 g/mol. The summed E-state index contributed by atoms with van der Waals surface area (Å²) in [6.07, 6.45) is 1.92. The Morgan fingerprint density at radius 3 is 3.05 bits per heavy atom. The Labute approximate surface area is 112 Å². The van der Waals surface area contributed by atoms with Crippen molar-refractivity contribution in [3.63, 3.8) is 0 Å². The van der Waals surface area contributed by atoms with Gasteiger partial charge in [-0.05, 0) is 31.5 Å². The minimum Gasteiger partial charge on any atom is -0.454 e. The van der Waals surface area contributed by atoms with Crippen molar-refractivity contribution >= 4 is 11.6 Å². The minimum absolute atomic E-state index is 0.0656. The SMILES string of the molecule is CCNC1CCCN(c2ccc3c(c2)OCO3)C1=O. The van der Waals surface area contributed by atoms with E-state index in [-0.39, 0.29) is 18.7 Å². The lowest BCUT2D eigenvalue weighted by Crippen LogP contribution is -2.50. The van der Waals surface area contributed by atoms with Crippen LogP contribution in [0, 0.1) is 0 Å². The van der Waals surface area contributed by atoms with Crippen molar-refractivity contribution in [2.75, 3.05) is 24.8 Å². The van der Waals surface area contributed by atoms with Crippen LogP contribution in [0.5, 0.6) is 11.5 Å². The Morgan fingerprint density at radius 2 is 2.21 bits per heavy atom. The number of hydrogen-bond acceptors (Lipinski definition) is 4. The van der Waals surface area contributed by atoms with Crippen molar-refractivity contribution in [3.8, 4) is 11.5 Å². The zero-order valence-corrected chi connectivity index (χ0v) is 11.0. The molecule has 0 aliphatic carbocycles. The molecule has 1 aromatic rings. The third-order valence-corrected chi connectivity index (χ3v) is 3.56. The molecule has 3 rings (SSSR count). The first kappa shape index (κ1) is 12.3. The number of benzene rings is 1. The number of fused-ring (bicyclic) bond motifs is 1. The average Bonchev–Trinajstić information content (AvgIpc) is 2.88. The predicted molar refractivity (Wildman–Crippen MR) is 71.6 cm³/mol. The second-order valence-electron chi connectivity index (χ2n) is 4.78. The summed E-state index contributed by atoms with van der Waals surface area (Å²) in [5, 5.41) is 3.24. The number of anilines is 1. The molecule has 5 nitrogen and oxygen atoms in total. The summed E-state index contributed by atoms with van der Waals surface area (Å²) in [5.74, 6) is 1.61. The molecule has 1 amide bonds. The maximum absolute atomic E-state index is 12.4. The normalized spacial score (nSPS) is 21.8. The lowest BCUT2D eigenvalue weighted by Gasteiger charge is -2.32. The fourth-order valence-corrected chi connectivity index (χ4v) is 2.62. The number of amides is 1. The van der Waals surface area contributed by atoms with Crippen LogP contribution in [0.25, 0.3) is 0 Å². The zero-order chi connectivity index (χ0) is 13.2. The van der Waals surface area contributed by atoms with Gasteiger partial charge in [0.15, 0.2) is 11.5 Å². The van der Waals surface area contributed by atoms with Crippen LogP contribution < -0.4 is 19.7 Å². The molecule has 0 spiro atoms. The second-order valence-corrected chi connectivity index (χ2v) is 4.78. The lowest BCUT2D eigenvalue weighted by atomic mass is 10.0. The van der Waals surface area contributed by atoms with E-state index in [1.807, 2.05) is 30.0 Å². The van der Waals surface area contributed by atoms with Gasteiger partial charge < -0.3 is 19.7 Å². The van der Waals surface area contributed by atoms with Crippen molar-refractivity contribution in [1.29, 1.82) is 0 Å². The number of likely N-dealkylation sites (N-methyl/N-ethyl adjacent to an activating group) is 1. The molecule has 0 bridgehead atoms. The number of hydrogen-bond donors (Lipinski definition) is 1. The Kier molecular flexibility index (Phi) is 3.29. The number of piperidine rings is 1. The third-order valence-electron chi connectivity index (χ3n) is 3.56. The van der Waals surface area contributed by atoms with Crippen LogP contribution in [0.15, 0.2) is 18.2 Å². The van der Waals surface area contributed by atoms with E-state index < -0.39 is 0 Å². The van der Waals surface area contributed by atoms with Gasteiger partial charge in [-0.3, -0.25) is 4.79 Å². The first-order valence-corrected chi connectivity index (χ1v) is 6.74. The molecule has 1 atom stereocenters. The molecular formula is C14H18N2O3. The monoisotopic (exact) mass is 262 g/mol. The molecule has 0 radical (unpaired) electrons. The molecule has 19 heavy (non-hydrogen) atoms. The van der Waals surface area contributed by atoms with Gasteiger partial charge >= 0.3 is 0 Å². The molecule has 1 saturated heterocycles. The van der Waals surface area contributed by atoms with Crippen LogP contribution in [-0.2, 0) is 4.79 Å². The van der Waals surface area contributed by atoms with Gasteiger partial charge in [-0.1, -0.05) is 6.92 Å². The topological polar surface area (TPSA) is 50.8 Å². The number of nitrogens with one attached hydrogen (secondary N) is 1. The van der Waals surface area contributed by atoms with E-state index in [0.29, 0.717) is 0 Å². The highest BCUT2D eigenvalue weighted by Crippen LogP contribution is 2.36. The largest absolute Gasteiger partial charge is 0.454 e. The maximum Gasteiger partial charge on any atom is 0.244 e. The van der Waals surface area contributed by atoms with E-state index in [1.165, 1.54) is 0 Å². The lowest BCUT2D eigenvalue weighted by molar-refractivity contribution is -0.121. The van der Waals surface area contributed by atoms with E-state index in [0.717, 1.165) is 43.1 Å². The summed E-state index contributed by atoms with van der Waals surface area (Å²) >= 11 is 0. The molecule has 2 aliphatic rings. The quantitative estimate of drug-likeness (QED) is 0.897. The summed E-state index contributed by atoms with van der Waals surface area (Å²) in [7, 11) is 0. The number of carbonyl (C=O) groups is 1. The molecule has 1 unspecified atom stereocenters. The molecule has 1 aromatic carbocycles. The van der Waals surface area contributed by atoms with Crippen molar-refractivity contribution in [3.05, 3.63) is 18.2 Å². The first-order valence-electron chi connectivity index (χ1n) is 6.74. The van der Waals surface area contributed by atoms with Gasteiger partial charge in [-0.25, -0.2) is 0 Å². The summed E-state index contributed by atoms with van der Waals surface area (Å²) in [6.45, 7) is 3.85. The van der Waals surface area contributed by atoms with Gasteiger partial charge in [-0.2, -0.15) is 0 Å². The standard InChI is InChI=1S/C14H18N2O3/c1-2-15-11-4-3-7-16(14(11)17)10-5-6-12-13(8-10)19-9-18-12/h5-6,8,11,15H,2-4,7,9H2,1H3. The van der Waals surface area contributed by atoms with Crippen LogP contribution in [0.4, 0.5) is 5.69 Å². The van der Waals surface area contributed by atoms with Crippen LogP contribution in [0.2, 0.25) is 0 Å². The number of ether oxygens (including phenoxy) is 2. The number of rotatable bonds is 3. The molecular weight excluding hydrogens is 244 g/mol. The van der Waals surface area contributed by atoms with E-state index in [4.69, 9.17) is 9.47 Å². The molecule has 5 heteroatoms. The van der Waals surface area contributed by atoms with Crippen LogP contribution in [-0.4, -0.2) is 31.8 Å². The Morgan fingerprint density at radius 1 is 1.37 bits per heavy atom. The van der Waals surface area contributed by atoms with Crippen molar-refractivity contribution < 1.29 is 14.3 Å². The van der Waals surface area contributed by atoms with Gasteiger partial charge in [0.1, 0.15) is 0 Å². The molecule has 2 aliphatic heterocycles. The van der Waals surface area contributed by atoms with Crippen LogP contribution in [0.1, 0.15) is 19.8 Å². The first-order chi connectivity index (χ1) is 9.29. The summed E-state index contributed by atoms with van der Waals surface area (Å²) in [5.41, 5.74) is 0.886. The summed E-state index contributed by atoms with van der Waals surface area (Å²) in [6, 6.07) is 5.60. The molecule has 1 N–H and O–H groups in total. The highest BCUT2D eigenvalue weighted by Gasteiger charge is 2.29. The fraction of sp³-hybridized carbons (Fsp3) is 0.500. The van der Waals surface area contributed by atoms with Crippen molar-refractivity contribution in [2.24, 2.45) is 0 Å². The number of carbonyl (C=O) groups excluding carboxylic acids is 1. The van der Waals surface area contributed by atoms with Crippen molar-refractivity contribution in [2.45, 2.75) is 25.8 Å². The van der Waals surface area contributed by atoms with E-state index >= 15 is 0 Å². The van der Waals surface area contributed by atoms with Crippen LogP contribution in [0.3, 0.4) is 0 Å². The van der Waals surface area contributed by atoms with E-state index in [9.17, 15) is 4.79 Å². The van der Waals surface area contributed by atoms with Gasteiger partial charge in [0.2, 0.25) is 12.7 Å². The Balaban J connectivity index is 1.83. The highest BCUT2D eigenvalue weighted by molar-refractivity contribution is 5.98. The Bertz CT molecular complexity index is 488. The van der Waals surface area contributed by atoms with Crippen molar-refractivity contribution in [1.82, 2.24) is 5.32 Å². The molecule has 102 valence electrons. The fourth-order valence-electron chi connectivity index (χ4n) is 2.62. The zero-order valence-electron chi connectivity index (χ0n) is 11.0. The van der Waals surface area contributed by atoms with E-state index in [2.05, 4.69) is 5.32 Å². The Hall–Kier alpha value is -1.75. The smallest absolute Gasteiger partial charge is 0.244 e. The number of nitrogens with zero attached hydrogens (tertiary/aromatic N) is 1. The molecule has 0 aromatic heterocycles. The molecule has 1 fully saturated rings. The van der Waals surface area contributed by atoms with Gasteiger partial charge in [0.05, 0.1) is 6.04 Å².